The molecule has 0 saturated heterocycles. The molecule has 0 heterocycles. The van der Waals surface area contributed by atoms with E-state index in [1.54, 1.807) is 0 Å². The lowest BCUT2D eigenvalue weighted by atomic mass is 10.1. The van der Waals surface area contributed by atoms with Crippen molar-refractivity contribution in [3.05, 3.63) is 58.1 Å². The van der Waals surface area contributed by atoms with Gasteiger partial charge in [0.2, 0.25) is 0 Å². The fourth-order valence-electron chi connectivity index (χ4n) is 2.41. The monoisotopic (exact) mass is 288 g/mol. The molecule has 2 aromatic carbocycles. The number of halogens is 1. The normalized spacial score (nSPS) is 10.4. The molecule has 2 aromatic rings. The largest absolute Gasteiger partial charge is 0.379 e. The van der Waals surface area contributed by atoms with Crippen LogP contribution in [0.1, 0.15) is 16.7 Å². The van der Waals surface area contributed by atoms with E-state index in [0.717, 1.165) is 22.9 Å². The summed E-state index contributed by atoms with van der Waals surface area (Å²) in [7, 11) is 4.07. The van der Waals surface area contributed by atoms with Crippen molar-refractivity contribution >= 4 is 23.0 Å². The zero-order valence-electron chi connectivity index (χ0n) is 12.5. The van der Waals surface area contributed by atoms with E-state index in [2.05, 4.69) is 42.3 Å². The Morgan fingerprint density at radius 3 is 2.25 bits per heavy atom. The van der Waals surface area contributed by atoms with E-state index in [1.807, 2.05) is 32.3 Å². The van der Waals surface area contributed by atoms with Crippen molar-refractivity contribution < 1.29 is 0 Å². The summed E-state index contributed by atoms with van der Waals surface area (Å²) in [5, 5.41) is 4.23. The Labute approximate surface area is 126 Å². The van der Waals surface area contributed by atoms with Crippen LogP contribution in [0, 0.1) is 13.8 Å². The van der Waals surface area contributed by atoms with E-state index in [9.17, 15) is 0 Å². The predicted molar refractivity (Wildman–Crippen MR) is 89.0 cm³/mol. The maximum atomic E-state index is 6.10. The summed E-state index contributed by atoms with van der Waals surface area (Å²) < 4.78 is 0. The standard InChI is InChI=1S/C17H21ClN2/c1-12-7-13(2)9-14(8-12)11-19-16-10-15(18)5-6-17(16)20(3)4/h5-10,19H,11H2,1-4H3. The molecular weight excluding hydrogens is 268 g/mol. The Balaban J connectivity index is 2.20. The molecule has 0 saturated carbocycles. The molecule has 0 radical (unpaired) electrons. The number of rotatable bonds is 4. The van der Waals surface area contributed by atoms with Gasteiger partial charge in [0.1, 0.15) is 0 Å². The van der Waals surface area contributed by atoms with Crippen molar-refractivity contribution in [3.63, 3.8) is 0 Å². The van der Waals surface area contributed by atoms with Crippen LogP contribution in [0.2, 0.25) is 5.02 Å². The second-order valence-electron chi connectivity index (χ2n) is 5.41. The minimum atomic E-state index is 0.749. The molecule has 0 amide bonds. The van der Waals surface area contributed by atoms with Gasteiger partial charge in [-0.15, -0.1) is 0 Å². The second kappa shape index (κ2) is 6.19. The number of nitrogens with one attached hydrogen (secondary N) is 1. The number of hydrogen-bond acceptors (Lipinski definition) is 2. The number of anilines is 2. The summed E-state index contributed by atoms with van der Waals surface area (Å²) in [5.41, 5.74) is 6.06. The lowest BCUT2D eigenvalue weighted by molar-refractivity contribution is 1.09. The minimum Gasteiger partial charge on any atom is -0.379 e. The third-order valence-electron chi connectivity index (χ3n) is 3.20. The molecule has 0 atom stereocenters. The van der Waals surface area contributed by atoms with Gasteiger partial charge < -0.3 is 10.2 Å². The Kier molecular flexibility index (Phi) is 4.56. The van der Waals surface area contributed by atoms with Crippen LogP contribution >= 0.6 is 11.6 Å². The van der Waals surface area contributed by atoms with Crippen molar-refractivity contribution in [2.75, 3.05) is 24.3 Å². The fourth-order valence-corrected chi connectivity index (χ4v) is 2.58. The molecule has 20 heavy (non-hydrogen) atoms. The van der Waals surface area contributed by atoms with Crippen LogP contribution in [0.5, 0.6) is 0 Å². The number of benzene rings is 2. The van der Waals surface area contributed by atoms with Crippen LogP contribution in [0.15, 0.2) is 36.4 Å². The Morgan fingerprint density at radius 1 is 1.00 bits per heavy atom. The highest BCUT2D eigenvalue weighted by molar-refractivity contribution is 6.31. The molecule has 0 unspecified atom stereocenters. The zero-order chi connectivity index (χ0) is 14.7. The van der Waals surface area contributed by atoms with Gasteiger partial charge in [0.25, 0.3) is 0 Å². The number of aryl methyl sites for hydroxylation is 2. The van der Waals surface area contributed by atoms with E-state index < -0.39 is 0 Å². The fraction of sp³-hybridized carbons (Fsp3) is 0.294. The van der Waals surface area contributed by atoms with Gasteiger partial charge >= 0.3 is 0 Å². The third-order valence-corrected chi connectivity index (χ3v) is 3.44. The van der Waals surface area contributed by atoms with Crippen LogP contribution in [-0.4, -0.2) is 14.1 Å². The van der Waals surface area contributed by atoms with Gasteiger partial charge in [0.05, 0.1) is 11.4 Å². The first-order chi connectivity index (χ1) is 9.45. The first-order valence-electron chi connectivity index (χ1n) is 6.73. The lowest BCUT2D eigenvalue weighted by Crippen LogP contribution is -2.12. The molecular formula is C17H21ClN2. The molecule has 0 fully saturated rings. The maximum Gasteiger partial charge on any atom is 0.0597 e. The SMILES string of the molecule is Cc1cc(C)cc(CNc2cc(Cl)ccc2N(C)C)c1. The van der Waals surface area contributed by atoms with Crippen LogP contribution in [0.25, 0.3) is 0 Å². The van der Waals surface area contributed by atoms with Gasteiger partial charge in [-0.05, 0) is 37.6 Å². The van der Waals surface area contributed by atoms with Crippen molar-refractivity contribution in [2.45, 2.75) is 20.4 Å². The highest BCUT2D eigenvalue weighted by Crippen LogP contribution is 2.28. The quantitative estimate of drug-likeness (QED) is 0.882. The van der Waals surface area contributed by atoms with Crippen molar-refractivity contribution in [2.24, 2.45) is 0 Å². The smallest absolute Gasteiger partial charge is 0.0597 e. The molecule has 0 aliphatic heterocycles. The molecule has 106 valence electrons. The molecule has 0 aliphatic carbocycles. The molecule has 2 rings (SSSR count). The average Bonchev–Trinajstić information content (AvgIpc) is 2.35. The van der Waals surface area contributed by atoms with E-state index in [1.165, 1.54) is 16.7 Å². The lowest BCUT2D eigenvalue weighted by Gasteiger charge is -2.19. The van der Waals surface area contributed by atoms with Crippen molar-refractivity contribution in [1.82, 2.24) is 0 Å². The van der Waals surface area contributed by atoms with Crippen LogP contribution in [0.4, 0.5) is 11.4 Å². The summed E-state index contributed by atoms with van der Waals surface area (Å²) in [5.74, 6) is 0. The van der Waals surface area contributed by atoms with Crippen LogP contribution in [-0.2, 0) is 6.54 Å². The number of nitrogens with zero attached hydrogens (tertiary/aromatic N) is 1. The zero-order valence-corrected chi connectivity index (χ0v) is 13.3. The highest BCUT2D eigenvalue weighted by Gasteiger charge is 2.05. The van der Waals surface area contributed by atoms with Gasteiger partial charge in [-0.1, -0.05) is 40.9 Å². The highest BCUT2D eigenvalue weighted by atomic mass is 35.5. The van der Waals surface area contributed by atoms with Gasteiger partial charge in [-0.2, -0.15) is 0 Å². The van der Waals surface area contributed by atoms with E-state index in [4.69, 9.17) is 11.6 Å². The first kappa shape index (κ1) is 14.7. The summed E-state index contributed by atoms with van der Waals surface area (Å²) in [6.45, 7) is 5.05. The van der Waals surface area contributed by atoms with Crippen molar-refractivity contribution in [1.29, 1.82) is 0 Å². The summed E-state index contributed by atoms with van der Waals surface area (Å²) in [6.07, 6.45) is 0. The van der Waals surface area contributed by atoms with Gasteiger partial charge in [0, 0.05) is 25.7 Å². The summed E-state index contributed by atoms with van der Waals surface area (Å²) in [4.78, 5) is 2.08. The Morgan fingerprint density at radius 2 is 1.65 bits per heavy atom. The summed E-state index contributed by atoms with van der Waals surface area (Å²) in [6, 6.07) is 12.5. The second-order valence-corrected chi connectivity index (χ2v) is 5.84. The van der Waals surface area contributed by atoms with Gasteiger partial charge in [-0.3, -0.25) is 0 Å². The molecule has 0 aromatic heterocycles. The average molecular weight is 289 g/mol. The first-order valence-corrected chi connectivity index (χ1v) is 7.11. The summed E-state index contributed by atoms with van der Waals surface area (Å²) >= 11 is 6.10. The van der Waals surface area contributed by atoms with Crippen LogP contribution < -0.4 is 10.2 Å². The van der Waals surface area contributed by atoms with Crippen molar-refractivity contribution in [3.8, 4) is 0 Å². The Hall–Kier alpha value is -1.67. The van der Waals surface area contributed by atoms with E-state index in [0.29, 0.717) is 0 Å². The molecule has 3 heteroatoms. The molecule has 0 bridgehead atoms. The molecule has 2 nitrogen and oxygen atoms in total. The minimum absolute atomic E-state index is 0.749. The van der Waals surface area contributed by atoms with E-state index >= 15 is 0 Å². The maximum absolute atomic E-state index is 6.10. The van der Waals surface area contributed by atoms with Gasteiger partial charge in [-0.25, -0.2) is 0 Å². The topological polar surface area (TPSA) is 15.3 Å². The predicted octanol–water partition coefficient (Wildman–Crippen LogP) is 4.63. The molecule has 1 N–H and O–H groups in total. The number of hydrogen-bond donors (Lipinski definition) is 1. The molecule has 0 spiro atoms. The van der Waals surface area contributed by atoms with Gasteiger partial charge in [0.15, 0.2) is 0 Å². The Bertz CT molecular complexity index is 586. The molecule has 0 aliphatic rings. The van der Waals surface area contributed by atoms with Crippen LogP contribution in [0.3, 0.4) is 0 Å². The third kappa shape index (κ3) is 3.67. The van der Waals surface area contributed by atoms with E-state index in [-0.39, 0.29) is 0 Å².